The van der Waals surface area contributed by atoms with Crippen molar-refractivity contribution in [3.8, 4) is 0 Å². The van der Waals surface area contributed by atoms with Crippen molar-refractivity contribution in [2.24, 2.45) is 5.92 Å². The van der Waals surface area contributed by atoms with Crippen molar-refractivity contribution in [3.05, 3.63) is 0 Å². The zero-order chi connectivity index (χ0) is 11.9. The predicted molar refractivity (Wildman–Crippen MR) is 55.9 cm³/mol. The fourth-order valence-corrected chi connectivity index (χ4v) is 1.36. The fourth-order valence-electron chi connectivity index (χ4n) is 1.36. The Hall–Kier alpha value is -0.290. The molecule has 1 N–H and O–H groups in total. The highest BCUT2D eigenvalue weighted by Gasteiger charge is 2.25. The molecule has 0 saturated heterocycles. The third-order valence-electron chi connectivity index (χ3n) is 2.00. The second-order valence-corrected chi connectivity index (χ2v) is 4.08. The van der Waals surface area contributed by atoms with Crippen LogP contribution in [-0.2, 0) is 0 Å². The molecule has 92 valence electrons. The van der Waals surface area contributed by atoms with Gasteiger partial charge in [0.05, 0.1) is 6.54 Å². The molecule has 0 aromatic carbocycles. The van der Waals surface area contributed by atoms with Gasteiger partial charge in [0.2, 0.25) is 0 Å². The van der Waals surface area contributed by atoms with E-state index in [0.717, 1.165) is 13.1 Å². The van der Waals surface area contributed by atoms with Crippen LogP contribution in [0.2, 0.25) is 0 Å². The second kappa shape index (κ2) is 7.06. The molecule has 0 radical (unpaired) electrons. The molecule has 0 rings (SSSR count). The topological polar surface area (TPSA) is 15.3 Å². The minimum Gasteiger partial charge on any atom is -0.307 e. The molecule has 0 fully saturated rings. The molecule has 5 heteroatoms. The van der Waals surface area contributed by atoms with Gasteiger partial charge in [-0.3, -0.25) is 0 Å². The van der Waals surface area contributed by atoms with Gasteiger partial charge in [-0.15, -0.1) is 0 Å². The minimum absolute atomic E-state index is 0.389. The van der Waals surface area contributed by atoms with Gasteiger partial charge in [-0.05, 0) is 12.5 Å². The van der Waals surface area contributed by atoms with E-state index in [-0.39, 0.29) is 0 Å². The number of halogens is 3. The Kier molecular flexibility index (Phi) is 6.92. The fraction of sp³-hybridized carbons (Fsp3) is 1.00. The molecule has 15 heavy (non-hydrogen) atoms. The zero-order valence-electron chi connectivity index (χ0n) is 9.69. The number of hydrogen-bond acceptors (Lipinski definition) is 2. The predicted octanol–water partition coefficient (Wildman–Crippen LogP) is 2.12. The van der Waals surface area contributed by atoms with Gasteiger partial charge in [-0.25, -0.2) is 0 Å². The third kappa shape index (κ3) is 10.0. The molecule has 0 spiro atoms. The van der Waals surface area contributed by atoms with Gasteiger partial charge in [0.1, 0.15) is 0 Å². The second-order valence-electron chi connectivity index (χ2n) is 4.08. The monoisotopic (exact) mass is 226 g/mol. The molecular formula is C10H21F3N2. The average Bonchev–Trinajstić information content (AvgIpc) is 2.08. The lowest BCUT2D eigenvalue weighted by Gasteiger charge is -2.22. The van der Waals surface area contributed by atoms with E-state index in [9.17, 15) is 13.2 Å². The summed E-state index contributed by atoms with van der Waals surface area (Å²) in [5.41, 5.74) is 0. The summed E-state index contributed by atoms with van der Waals surface area (Å²) in [4.78, 5) is 2.15. The van der Waals surface area contributed by atoms with Crippen molar-refractivity contribution in [2.45, 2.75) is 26.9 Å². The number of nitrogens with one attached hydrogen (secondary N) is 1. The van der Waals surface area contributed by atoms with Crippen LogP contribution >= 0.6 is 0 Å². The van der Waals surface area contributed by atoms with E-state index in [0.29, 0.717) is 19.0 Å². The van der Waals surface area contributed by atoms with Crippen LogP contribution in [0.4, 0.5) is 13.2 Å². The van der Waals surface area contributed by atoms with Crippen LogP contribution in [0, 0.1) is 5.92 Å². The Bertz CT molecular complexity index is 157. The minimum atomic E-state index is -4.10. The largest absolute Gasteiger partial charge is 0.401 e. The van der Waals surface area contributed by atoms with Gasteiger partial charge in [-0.1, -0.05) is 20.8 Å². The quantitative estimate of drug-likeness (QED) is 0.669. The number of likely N-dealkylation sites (N-methyl/N-ethyl adjacent to an activating group) is 1. The van der Waals surface area contributed by atoms with Crippen molar-refractivity contribution in [1.29, 1.82) is 0 Å². The van der Waals surface area contributed by atoms with Crippen LogP contribution < -0.4 is 5.32 Å². The summed E-state index contributed by atoms with van der Waals surface area (Å²) in [6, 6.07) is 0. The molecule has 0 heterocycles. The molecule has 0 aromatic heterocycles. The van der Waals surface area contributed by atoms with Gasteiger partial charge < -0.3 is 10.2 Å². The van der Waals surface area contributed by atoms with E-state index >= 15 is 0 Å². The summed E-state index contributed by atoms with van der Waals surface area (Å²) in [6.07, 6.45) is -4.10. The maximum absolute atomic E-state index is 11.8. The normalized spacial score (nSPS) is 12.8. The maximum atomic E-state index is 11.8. The summed E-state index contributed by atoms with van der Waals surface area (Å²) in [6.45, 7) is 8.21. The average molecular weight is 226 g/mol. The number of alkyl halides is 3. The Morgan fingerprint density at radius 2 is 1.87 bits per heavy atom. The molecule has 0 amide bonds. The number of rotatable bonds is 7. The highest BCUT2D eigenvalue weighted by molar-refractivity contribution is 4.62. The SMILES string of the molecule is CCN(CCNCC(F)(F)F)CC(C)C. The number of hydrogen-bond donors (Lipinski definition) is 1. The summed E-state index contributed by atoms with van der Waals surface area (Å²) < 4.78 is 35.4. The molecule has 2 nitrogen and oxygen atoms in total. The zero-order valence-corrected chi connectivity index (χ0v) is 9.69. The summed E-state index contributed by atoms with van der Waals surface area (Å²) in [5, 5.41) is 2.40. The molecule has 0 saturated carbocycles. The molecule has 0 aliphatic carbocycles. The first-order chi connectivity index (χ1) is 6.85. The molecule has 0 aliphatic heterocycles. The van der Waals surface area contributed by atoms with E-state index in [1.54, 1.807) is 0 Å². The van der Waals surface area contributed by atoms with Gasteiger partial charge in [0, 0.05) is 19.6 Å². The highest BCUT2D eigenvalue weighted by atomic mass is 19.4. The van der Waals surface area contributed by atoms with Crippen LogP contribution in [0.25, 0.3) is 0 Å². The van der Waals surface area contributed by atoms with Crippen molar-refractivity contribution in [2.75, 3.05) is 32.7 Å². The third-order valence-corrected chi connectivity index (χ3v) is 2.00. The Balaban J connectivity index is 3.55. The van der Waals surface area contributed by atoms with E-state index < -0.39 is 12.7 Å². The summed E-state index contributed by atoms with van der Waals surface area (Å²) >= 11 is 0. The maximum Gasteiger partial charge on any atom is 0.401 e. The Labute approximate surface area is 89.8 Å². The smallest absolute Gasteiger partial charge is 0.307 e. The first-order valence-corrected chi connectivity index (χ1v) is 5.35. The molecular weight excluding hydrogens is 205 g/mol. The summed E-state index contributed by atoms with van der Waals surface area (Å²) in [7, 11) is 0. The van der Waals surface area contributed by atoms with Gasteiger partial charge >= 0.3 is 6.18 Å². The van der Waals surface area contributed by atoms with Crippen molar-refractivity contribution in [3.63, 3.8) is 0 Å². The molecule has 0 aromatic rings. The first kappa shape index (κ1) is 14.7. The molecule has 0 atom stereocenters. The molecule has 0 aliphatic rings. The Morgan fingerprint density at radius 1 is 1.27 bits per heavy atom. The standard InChI is InChI=1S/C10H21F3N2/c1-4-15(7-9(2)3)6-5-14-8-10(11,12)13/h9,14H,4-8H2,1-3H3. The van der Waals surface area contributed by atoms with E-state index in [1.807, 2.05) is 6.92 Å². The molecule has 0 bridgehead atoms. The van der Waals surface area contributed by atoms with E-state index in [2.05, 4.69) is 24.1 Å². The lowest BCUT2D eigenvalue weighted by molar-refractivity contribution is -0.124. The van der Waals surface area contributed by atoms with Gasteiger partial charge in [0.25, 0.3) is 0 Å². The first-order valence-electron chi connectivity index (χ1n) is 5.35. The van der Waals surface area contributed by atoms with Crippen LogP contribution in [0.15, 0.2) is 0 Å². The van der Waals surface area contributed by atoms with Gasteiger partial charge in [0.15, 0.2) is 0 Å². The molecule has 0 unspecified atom stereocenters. The lowest BCUT2D eigenvalue weighted by atomic mass is 10.2. The van der Waals surface area contributed by atoms with Crippen molar-refractivity contribution >= 4 is 0 Å². The Morgan fingerprint density at radius 3 is 2.27 bits per heavy atom. The van der Waals surface area contributed by atoms with Crippen LogP contribution in [0.5, 0.6) is 0 Å². The number of nitrogens with zero attached hydrogens (tertiary/aromatic N) is 1. The van der Waals surface area contributed by atoms with Crippen molar-refractivity contribution < 1.29 is 13.2 Å². The van der Waals surface area contributed by atoms with Crippen LogP contribution in [0.1, 0.15) is 20.8 Å². The van der Waals surface area contributed by atoms with E-state index in [4.69, 9.17) is 0 Å². The van der Waals surface area contributed by atoms with E-state index in [1.165, 1.54) is 0 Å². The van der Waals surface area contributed by atoms with Gasteiger partial charge in [-0.2, -0.15) is 13.2 Å². The summed E-state index contributed by atoms with van der Waals surface area (Å²) in [5.74, 6) is 0.549. The lowest BCUT2D eigenvalue weighted by Crippen LogP contribution is -2.37. The highest BCUT2D eigenvalue weighted by Crippen LogP contribution is 2.11. The van der Waals surface area contributed by atoms with Crippen LogP contribution in [0.3, 0.4) is 0 Å². The van der Waals surface area contributed by atoms with Crippen molar-refractivity contribution in [1.82, 2.24) is 10.2 Å². The van der Waals surface area contributed by atoms with Crippen LogP contribution in [-0.4, -0.2) is 43.8 Å².